The largest absolute Gasteiger partial charge is 0.478 e. The number of hydrogen-bond acceptors (Lipinski definition) is 6. The molecule has 0 saturated carbocycles. The fourth-order valence-electron chi connectivity index (χ4n) is 2.55. The highest BCUT2D eigenvalue weighted by atomic mass is 16.5. The Kier molecular flexibility index (Phi) is 6.57. The van der Waals surface area contributed by atoms with E-state index in [1.54, 1.807) is 38.1 Å². The van der Waals surface area contributed by atoms with Crippen LogP contribution in [0.5, 0.6) is 5.75 Å². The van der Waals surface area contributed by atoms with Crippen molar-refractivity contribution < 1.29 is 19.2 Å². The van der Waals surface area contributed by atoms with Gasteiger partial charge in [-0.05, 0) is 38.8 Å². The van der Waals surface area contributed by atoms with Crippen molar-refractivity contribution in [2.45, 2.75) is 51.7 Å². The van der Waals surface area contributed by atoms with Crippen LogP contribution in [0.1, 0.15) is 40.0 Å². The molecule has 1 heterocycles. The minimum absolute atomic E-state index is 0.0180. The molecule has 0 spiro atoms. The summed E-state index contributed by atoms with van der Waals surface area (Å²) in [6.45, 7) is 5.39. The fraction of sp³-hybridized carbons (Fsp3) is 0.500. The van der Waals surface area contributed by atoms with Crippen molar-refractivity contribution in [2.24, 2.45) is 0 Å². The van der Waals surface area contributed by atoms with Gasteiger partial charge in [0.1, 0.15) is 5.75 Å². The van der Waals surface area contributed by atoms with Gasteiger partial charge in [-0.3, -0.25) is 14.3 Å². The molecule has 3 N–H and O–H groups in total. The third-order valence-electron chi connectivity index (χ3n) is 3.92. The molecule has 8 nitrogen and oxygen atoms in total. The number of carbonyl (C=O) groups is 1. The van der Waals surface area contributed by atoms with E-state index in [1.807, 2.05) is 6.92 Å². The maximum atomic E-state index is 12.6. The minimum Gasteiger partial charge on any atom is -0.478 e. The van der Waals surface area contributed by atoms with Gasteiger partial charge in [0.25, 0.3) is 5.91 Å². The van der Waals surface area contributed by atoms with Crippen LogP contribution in [0.4, 0.5) is 0 Å². The SMILES string of the molecule is CCCC(CCO)NC(=O)C(C)(C)Oc1cccc(-c2noc(=O)[nH]2)c1. The van der Waals surface area contributed by atoms with E-state index in [1.165, 1.54) is 0 Å². The summed E-state index contributed by atoms with van der Waals surface area (Å²) in [5, 5.41) is 15.7. The summed E-state index contributed by atoms with van der Waals surface area (Å²) < 4.78 is 10.4. The zero-order valence-corrected chi connectivity index (χ0v) is 15.2. The van der Waals surface area contributed by atoms with Crippen molar-refractivity contribution in [2.75, 3.05) is 6.61 Å². The van der Waals surface area contributed by atoms with Gasteiger partial charge in [-0.25, -0.2) is 4.79 Å². The Bertz CT molecular complexity index is 775. The van der Waals surface area contributed by atoms with Crippen LogP contribution in [0.25, 0.3) is 11.4 Å². The maximum absolute atomic E-state index is 12.6. The summed E-state index contributed by atoms with van der Waals surface area (Å²) in [7, 11) is 0. The van der Waals surface area contributed by atoms with Crippen molar-refractivity contribution in [1.82, 2.24) is 15.5 Å². The summed E-state index contributed by atoms with van der Waals surface area (Å²) in [6, 6.07) is 6.77. The molecule has 0 fully saturated rings. The number of rotatable bonds is 9. The topological polar surface area (TPSA) is 117 Å². The lowest BCUT2D eigenvalue weighted by Gasteiger charge is -2.28. The summed E-state index contributed by atoms with van der Waals surface area (Å²) in [6.07, 6.45) is 2.20. The molecule has 26 heavy (non-hydrogen) atoms. The molecule has 0 aliphatic carbocycles. The van der Waals surface area contributed by atoms with Gasteiger partial charge in [-0.1, -0.05) is 30.6 Å². The molecule has 2 rings (SSSR count). The van der Waals surface area contributed by atoms with Crippen LogP contribution in [0.15, 0.2) is 33.6 Å². The fourth-order valence-corrected chi connectivity index (χ4v) is 2.55. The first kappa shape index (κ1) is 19.7. The molecule has 0 aliphatic rings. The number of benzene rings is 1. The zero-order valence-electron chi connectivity index (χ0n) is 15.2. The van der Waals surface area contributed by atoms with Crippen molar-refractivity contribution in [1.29, 1.82) is 0 Å². The number of nitrogens with zero attached hydrogens (tertiary/aromatic N) is 1. The quantitative estimate of drug-likeness (QED) is 0.626. The highest BCUT2D eigenvalue weighted by Crippen LogP contribution is 2.24. The van der Waals surface area contributed by atoms with Crippen molar-refractivity contribution in [3.63, 3.8) is 0 Å². The van der Waals surface area contributed by atoms with Gasteiger partial charge < -0.3 is 15.2 Å². The Hall–Kier alpha value is -2.61. The molecule has 1 atom stereocenters. The van der Waals surface area contributed by atoms with Crippen LogP contribution in [-0.2, 0) is 4.79 Å². The van der Waals surface area contributed by atoms with Gasteiger partial charge in [-0.15, -0.1) is 0 Å². The van der Waals surface area contributed by atoms with Crippen molar-refractivity contribution in [3.8, 4) is 17.1 Å². The highest BCUT2D eigenvalue weighted by Gasteiger charge is 2.31. The van der Waals surface area contributed by atoms with E-state index in [4.69, 9.17) is 9.84 Å². The molecule has 1 amide bonds. The number of aliphatic hydroxyl groups excluding tert-OH is 1. The van der Waals surface area contributed by atoms with Gasteiger partial charge in [-0.2, -0.15) is 0 Å². The third kappa shape index (κ3) is 5.19. The van der Waals surface area contributed by atoms with Gasteiger partial charge in [0.2, 0.25) is 0 Å². The molecule has 142 valence electrons. The average molecular weight is 363 g/mol. The monoisotopic (exact) mass is 363 g/mol. The van der Waals surface area contributed by atoms with Crippen LogP contribution in [0.3, 0.4) is 0 Å². The Morgan fingerprint density at radius 2 is 2.19 bits per heavy atom. The summed E-state index contributed by atoms with van der Waals surface area (Å²) in [5.74, 6) is -0.157. The van der Waals surface area contributed by atoms with Crippen LogP contribution in [0.2, 0.25) is 0 Å². The van der Waals surface area contributed by atoms with E-state index in [0.717, 1.165) is 12.8 Å². The molecule has 0 saturated heterocycles. The Labute approximate surface area is 151 Å². The number of ether oxygens (including phenoxy) is 1. The van der Waals surface area contributed by atoms with E-state index in [-0.39, 0.29) is 24.4 Å². The lowest BCUT2D eigenvalue weighted by molar-refractivity contribution is -0.135. The lowest BCUT2D eigenvalue weighted by atomic mass is 10.0. The normalized spacial score (nSPS) is 12.6. The standard InChI is InChI=1S/C18H25N3O5/c1-4-6-13(9-10-22)19-16(23)18(2,3)25-14-8-5-7-12(11-14)15-20-17(24)26-21-15/h5,7-8,11,13,22H,4,6,9-10H2,1-3H3,(H,19,23)(H,20,21,24). The molecule has 8 heteroatoms. The number of H-pyrrole nitrogens is 1. The summed E-state index contributed by atoms with van der Waals surface area (Å²) >= 11 is 0. The summed E-state index contributed by atoms with van der Waals surface area (Å²) in [4.78, 5) is 26.2. The molecule has 1 aromatic carbocycles. The van der Waals surface area contributed by atoms with Gasteiger partial charge in [0.05, 0.1) is 0 Å². The Morgan fingerprint density at radius 1 is 1.42 bits per heavy atom. The molecule has 1 unspecified atom stereocenters. The molecule has 1 aromatic heterocycles. The van der Waals surface area contributed by atoms with Crippen LogP contribution in [0, 0.1) is 0 Å². The van der Waals surface area contributed by atoms with Crippen LogP contribution in [-0.4, -0.2) is 39.4 Å². The number of hydrogen-bond donors (Lipinski definition) is 3. The predicted molar refractivity (Wildman–Crippen MR) is 95.8 cm³/mol. The number of aromatic amines is 1. The second-order valence-electron chi connectivity index (χ2n) is 6.56. The van der Waals surface area contributed by atoms with Gasteiger partial charge >= 0.3 is 5.76 Å². The number of aliphatic hydroxyl groups is 1. The molecular weight excluding hydrogens is 338 g/mol. The third-order valence-corrected chi connectivity index (χ3v) is 3.92. The first-order valence-electron chi connectivity index (χ1n) is 8.63. The van der Waals surface area contributed by atoms with E-state index < -0.39 is 11.4 Å². The second-order valence-corrected chi connectivity index (χ2v) is 6.56. The molecule has 0 aliphatic heterocycles. The predicted octanol–water partition coefficient (Wildman–Crippen LogP) is 1.85. The number of aromatic nitrogens is 2. The number of amides is 1. The van der Waals surface area contributed by atoms with Crippen LogP contribution >= 0.6 is 0 Å². The van der Waals surface area contributed by atoms with Crippen molar-refractivity contribution in [3.05, 3.63) is 34.8 Å². The first-order valence-corrected chi connectivity index (χ1v) is 8.63. The Morgan fingerprint density at radius 3 is 2.81 bits per heavy atom. The minimum atomic E-state index is -1.11. The molecule has 0 bridgehead atoms. The van der Waals surface area contributed by atoms with E-state index in [0.29, 0.717) is 17.7 Å². The van der Waals surface area contributed by atoms with E-state index in [9.17, 15) is 9.59 Å². The van der Waals surface area contributed by atoms with E-state index >= 15 is 0 Å². The van der Waals surface area contributed by atoms with Crippen molar-refractivity contribution >= 4 is 5.91 Å². The zero-order chi connectivity index (χ0) is 19.2. The molecular formula is C18H25N3O5. The summed E-state index contributed by atoms with van der Waals surface area (Å²) in [5.41, 5.74) is -0.509. The van der Waals surface area contributed by atoms with E-state index in [2.05, 4.69) is 20.0 Å². The molecule has 2 aromatic rings. The first-order chi connectivity index (χ1) is 12.4. The van der Waals surface area contributed by atoms with Gasteiger partial charge in [0.15, 0.2) is 11.4 Å². The number of nitrogens with one attached hydrogen (secondary N) is 2. The Balaban J connectivity index is 2.10. The average Bonchev–Trinajstić information content (AvgIpc) is 3.01. The van der Waals surface area contributed by atoms with Gasteiger partial charge in [0, 0.05) is 18.2 Å². The molecule has 0 radical (unpaired) electrons. The van der Waals surface area contributed by atoms with Crippen LogP contribution < -0.4 is 15.8 Å². The second kappa shape index (κ2) is 8.66. The highest BCUT2D eigenvalue weighted by molar-refractivity contribution is 5.85. The maximum Gasteiger partial charge on any atom is 0.439 e. The smallest absolute Gasteiger partial charge is 0.439 e. The number of carbonyl (C=O) groups excluding carboxylic acids is 1. The lowest BCUT2D eigenvalue weighted by Crippen LogP contribution is -2.50.